The fourth-order valence-electron chi connectivity index (χ4n) is 6.73. The number of carbonyl (C=O) groups excluding carboxylic acids is 1. The highest BCUT2D eigenvalue weighted by Gasteiger charge is 2.23. The number of carbonyl (C=O) groups is 2. The summed E-state index contributed by atoms with van der Waals surface area (Å²) in [5.74, 6) is 0.220. The maximum Gasteiger partial charge on any atom is 0.352 e. The molecule has 0 bridgehead atoms. The van der Waals surface area contributed by atoms with Gasteiger partial charge in [0.15, 0.2) is 0 Å². The van der Waals surface area contributed by atoms with E-state index < -0.39 is 5.97 Å². The van der Waals surface area contributed by atoms with Crippen LogP contribution in [-0.2, 0) is 31.0 Å². The van der Waals surface area contributed by atoms with Crippen molar-refractivity contribution < 1.29 is 28.9 Å². The number of hydrogen-bond donors (Lipinski definition) is 1. The fraction of sp³-hybridized carbons (Fsp3) is 0.273. The van der Waals surface area contributed by atoms with E-state index in [9.17, 15) is 14.7 Å². The fourth-order valence-corrected chi connectivity index (χ4v) is 7.74. The topological polar surface area (TPSA) is 143 Å². The molecule has 3 heterocycles. The van der Waals surface area contributed by atoms with Crippen LogP contribution in [0.1, 0.15) is 57.8 Å². The lowest BCUT2D eigenvalue weighted by Crippen LogP contribution is -2.41. The van der Waals surface area contributed by atoms with Gasteiger partial charge in [0.05, 0.1) is 25.4 Å². The van der Waals surface area contributed by atoms with E-state index in [1.54, 1.807) is 59.2 Å². The number of unbranched alkanes of at least 4 members (excludes halogenated alkanes) is 2. The molecule has 1 aliphatic heterocycles. The molecule has 7 rings (SSSR count). The van der Waals surface area contributed by atoms with Crippen LogP contribution in [0.5, 0.6) is 11.5 Å². The first-order valence-corrected chi connectivity index (χ1v) is 20.3. The maximum absolute atomic E-state index is 13.2. The van der Waals surface area contributed by atoms with E-state index in [4.69, 9.17) is 71.1 Å². The minimum atomic E-state index is -1.01. The highest BCUT2D eigenvalue weighted by Crippen LogP contribution is 2.31. The van der Waals surface area contributed by atoms with E-state index in [0.29, 0.717) is 108 Å². The van der Waals surface area contributed by atoms with Crippen LogP contribution in [0.15, 0.2) is 84.9 Å². The minimum absolute atomic E-state index is 0.0215. The van der Waals surface area contributed by atoms with Crippen LogP contribution in [-0.4, -0.2) is 57.3 Å². The van der Waals surface area contributed by atoms with Gasteiger partial charge in [0.2, 0.25) is 0 Å². The second-order valence-electron chi connectivity index (χ2n) is 13.5. The second-order valence-corrected chi connectivity index (χ2v) is 15.1. The molecule has 0 unspecified atom stereocenters. The minimum Gasteiger partial charge on any atom is -0.489 e. The van der Waals surface area contributed by atoms with E-state index in [1.165, 1.54) is 0 Å². The number of morpholine rings is 1. The van der Waals surface area contributed by atoms with Gasteiger partial charge in [0.1, 0.15) is 36.1 Å². The average molecular weight is 876 g/mol. The molecule has 6 aromatic rings. The Hall–Kier alpha value is -5.40. The van der Waals surface area contributed by atoms with E-state index >= 15 is 0 Å². The summed E-state index contributed by atoms with van der Waals surface area (Å²) in [6.07, 6.45) is 2.07. The second kappa shape index (κ2) is 20.5. The van der Waals surface area contributed by atoms with Crippen LogP contribution >= 0.6 is 46.4 Å². The van der Waals surface area contributed by atoms with Crippen molar-refractivity contribution in [2.45, 2.75) is 52.0 Å². The molecule has 1 aliphatic rings. The zero-order chi connectivity index (χ0) is 41.9. The Bertz CT molecular complexity index is 2510. The lowest BCUT2D eigenvalue weighted by Gasteiger charge is -2.27. The van der Waals surface area contributed by atoms with Gasteiger partial charge in [-0.15, -0.1) is 0 Å². The van der Waals surface area contributed by atoms with Crippen LogP contribution in [0.4, 0.5) is 0 Å². The monoisotopic (exact) mass is 873 g/mol. The third-order valence-corrected chi connectivity index (χ3v) is 11.1. The molecule has 0 radical (unpaired) electrons. The molecule has 0 spiro atoms. The Morgan fingerprint density at radius 3 is 1.54 bits per heavy atom. The van der Waals surface area contributed by atoms with Gasteiger partial charge in [-0.1, -0.05) is 58.5 Å². The number of ether oxygens (including phenoxy) is 3. The average Bonchev–Trinajstić information content (AvgIpc) is 3.78. The molecule has 0 atom stereocenters. The summed E-state index contributed by atoms with van der Waals surface area (Å²) in [4.78, 5) is 26.6. The largest absolute Gasteiger partial charge is 0.489 e. The van der Waals surface area contributed by atoms with Gasteiger partial charge in [-0.25, -0.2) is 4.79 Å². The molecule has 15 heteroatoms. The molecular weight excluding hydrogens is 836 g/mol. The maximum atomic E-state index is 13.2. The number of aryl methyl sites for hydroxylation is 2. The van der Waals surface area contributed by atoms with Crippen molar-refractivity contribution in [1.82, 2.24) is 14.0 Å². The molecule has 0 aliphatic carbocycles. The van der Waals surface area contributed by atoms with Crippen LogP contribution in [0, 0.1) is 22.7 Å². The van der Waals surface area contributed by atoms with Crippen molar-refractivity contribution in [1.29, 1.82) is 10.5 Å². The number of halogens is 4. The first-order valence-electron chi connectivity index (χ1n) is 18.8. The SMILES string of the molecule is N#CCCCn1c(C(=O)N2CCOCC2)cc2cc(OCc3c(Cl)cccc3Cl)ccc21.N#CCCCn1c(C(=O)O)cc2cc(OCc3c(Cl)cccc3Cl)ccc21. The van der Waals surface area contributed by atoms with Crippen molar-refractivity contribution >= 4 is 80.1 Å². The number of benzene rings is 4. The van der Waals surface area contributed by atoms with Crippen LogP contribution in [0.3, 0.4) is 0 Å². The number of nitriles is 2. The molecule has 304 valence electrons. The number of carboxylic acids is 1. The molecule has 1 amide bonds. The predicted octanol–water partition coefficient (Wildman–Crippen LogP) is 10.8. The molecule has 11 nitrogen and oxygen atoms in total. The molecule has 0 saturated carbocycles. The van der Waals surface area contributed by atoms with E-state index in [0.717, 1.165) is 27.4 Å². The van der Waals surface area contributed by atoms with Crippen LogP contribution < -0.4 is 9.47 Å². The van der Waals surface area contributed by atoms with Crippen LogP contribution in [0.2, 0.25) is 20.1 Å². The van der Waals surface area contributed by atoms with Crippen molar-refractivity contribution in [2.75, 3.05) is 26.3 Å². The number of fused-ring (bicyclic) bond motifs is 2. The zero-order valence-corrected chi connectivity index (χ0v) is 34.8. The summed E-state index contributed by atoms with van der Waals surface area (Å²) in [7, 11) is 0. The molecule has 59 heavy (non-hydrogen) atoms. The molecule has 2 aromatic heterocycles. The molecule has 4 aromatic carbocycles. The summed E-state index contributed by atoms with van der Waals surface area (Å²) < 4.78 is 20.8. The highest BCUT2D eigenvalue weighted by molar-refractivity contribution is 6.36. The first-order chi connectivity index (χ1) is 28.6. The third-order valence-electron chi connectivity index (χ3n) is 9.71. The number of hydrogen-bond acceptors (Lipinski definition) is 7. The standard InChI is InChI=1S/C24H23Cl2N3O3.C20H16Cl2N2O3/c25-20-4-3-5-21(26)19(20)16-32-18-6-7-22-17(14-18)15-23(29(22)9-2-1-8-27)24(30)28-10-12-31-13-11-28;21-16-4-3-5-17(22)15(16)12-27-14-6-7-18-13(10-14)11-19(20(25)26)24(18)9-2-1-8-23/h3-7,14-15H,1-2,9-13,16H2;3-7,10-11H,1-2,9,12H2,(H,25,26). The third kappa shape index (κ3) is 10.6. The summed E-state index contributed by atoms with van der Waals surface area (Å²) in [6.45, 7) is 3.75. The number of nitrogens with zero attached hydrogens (tertiary/aromatic N) is 5. The number of rotatable bonds is 14. The number of amides is 1. The summed E-state index contributed by atoms with van der Waals surface area (Å²) >= 11 is 24.8. The Morgan fingerprint density at radius 2 is 1.10 bits per heavy atom. The number of aromatic nitrogens is 2. The number of aromatic carboxylic acids is 1. The lowest BCUT2D eigenvalue weighted by atomic mass is 10.2. The van der Waals surface area contributed by atoms with E-state index in [2.05, 4.69) is 12.1 Å². The Kier molecular flexibility index (Phi) is 15.0. The van der Waals surface area contributed by atoms with Crippen molar-refractivity contribution in [2.24, 2.45) is 0 Å². The van der Waals surface area contributed by atoms with Gasteiger partial charge in [-0.05, 0) is 85.6 Å². The zero-order valence-electron chi connectivity index (χ0n) is 31.8. The van der Waals surface area contributed by atoms with Crippen molar-refractivity contribution in [3.8, 4) is 23.6 Å². The Morgan fingerprint density at radius 1 is 0.661 bits per heavy atom. The van der Waals surface area contributed by atoms with Gasteiger partial charge in [0.25, 0.3) is 5.91 Å². The predicted molar refractivity (Wildman–Crippen MR) is 229 cm³/mol. The number of carboxylic acid groups (broad SMARTS) is 1. The van der Waals surface area contributed by atoms with Gasteiger partial charge in [-0.3, -0.25) is 4.79 Å². The van der Waals surface area contributed by atoms with E-state index in [1.807, 2.05) is 39.8 Å². The molecule has 1 N–H and O–H groups in total. The van der Waals surface area contributed by atoms with Gasteiger partial charge < -0.3 is 33.4 Å². The summed E-state index contributed by atoms with van der Waals surface area (Å²) in [6, 6.07) is 29.5. The van der Waals surface area contributed by atoms with Crippen molar-refractivity contribution in [3.05, 3.63) is 128 Å². The van der Waals surface area contributed by atoms with Crippen LogP contribution in [0.25, 0.3) is 21.8 Å². The highest BCUT2D eigenvalue weighted by atomic mass is 35.5. The quantitative estimate of drug-likeness (QED) is 0.107. The van der Waals surface area contributed by atoms with E-state index in [-0.39, 0.29) is 24.8 Å². The normalized spacial score (nSPS) is 12.4. The first kappa shape index (κ1) is 43.2. The van der Waals surface area contributed by atoms with Gasteiger partial charge in [-0.2, -0.15) is 10.5 Å². The Labute approximate surface area is 361 Å². The van der Waals surface area contributed by atoms with Gasteiger partial charge >= 0.3 is 5.97 Å². The Balaban J connectivity index is 0.000000201. The molecule has 1 fully saturated rings. The molecule has 1 saturated heterocycles. The van der Waals surface area contributed by atoms with Crippen molar-refractivity contribution in [3.63, 3.8) is 0 Å². The molecular formula is C44H39Cl4N5O6. The van der Waals surface area contributed by atoms with Gasteiger partial charge in [0, 0.05) is 92.0 Å². The smallest absolute Gasteiger partial charge is 0.352 e. The summed E-state index contributed by atoms with van der Waals surface area (Å²) in [5, 5.41) is 30.9. The lowest BCUT2D eigenvalue weighted by molar-refractivity contribution is 0.0296. The summed E-state index contributed by atoms with van der Waals surface area (Å²) in [5.41, 5.74) is 3.95.